The first kappa shape index (κ1) is 16.0. The first-order chi connectivity index (χ1) is 11.8. The standard InChI is InChI=1S/C18H20N4O2/c1-2-24-18-14(6-5-10-19-18)12-20-17(23)9-8-15-13-22-11-4-3-7-16(22)21-15/h3-7,10-11,13H,2,8-9,12H2,1H3,(H,20,23). The van der Waals surface area contributed by atoms with Gasteiger partial charge in [0, 0.05) is 37.1 Å². The topological polar surface area (TPSA) is 68.5 Å². The predicted octanol–water partition coefficient (Wildman–Crippen LogP) is 2.38. The van der Waals surface area contributed by atoms with E-state index >= 15 is 0 Å². The van der Waals surface area contributed by atoms with E-state index in [1.54, 1.807) is 6.20 Å². The van der Waals surface area contributed by atoms with Crippen LogP contribution in [0.25, 0.3) is 5.65 Å². The minimum atomic E-state index is -0.0154. The van der Waals surface area contributed by atoms with Gasteiger partial charge in [-0.25, -0.2) is 9.97 Å². The Morgan fingerprint density at radius 3 is 3.04 bits per heavy atom. The summed E-state index contributed by atoms with van der Waals surface area (Å²) in [6.07, 6.45) is 6.59. The van der Waals surface area contributed by atoms with Gasteiger partial charge >= 0.3 is 0 Å². The van der Waals surface area contributed by atoms with Crippen LogP contribution in [0.2, 0.25) is 0 Å². The van der Waals surface area contributed by atoms with Gasteiger partial charge in [-0.2, -0.15) is 0 Å². The fraction of sp³-hybridized carbons (Fsp3) is 0.278. The van der Waals surface area contributed by atoms with E-state index in [2.05, 4.69) is 15.3 Å². The number of nitrogens with zero attached hydrogens (tertiary/aromatic N) is 3. The minimum Gasteiger partial charge on any atom is -0.478 e. The van der Waals surface area contributed by atoms with Gasteiger partial charge in [-0.15, -0.1) is 0 Å². The van der Waals surface area contributed by atoms with Crippen LogP contribution in [0.5, 0.6) is 5.88 Å². The molecule has 0 fully saturated rings. The van der Waals surface area contributed by atoms with Crippen molar-refractivity contribution in [2.45, 2.75) is 26.3 Å². The summed E-state index contributed by atoms with van der Waals surface area (Å²) in [5.74, 6) is 0.555. The van der Waals surface area contributed by atoms with Crippen LogP contribution >= 0.6 is 0 Å². The van der Waals surface area contributed by atoms with E-state index < -0.39 is 0 Å². The molecule has 124 valence electrons. The van der Waals surface area contributed by atoms with Gasteiger partial charge in [0.2, 0.25) is 11.8 Å². The molecule has 6 heteroatoms. The van der Waals surface area contributed by atoms with Crippen molar-refractivity contribution < 1.29 is 9.53 Å². The molecule has 0 unspecified atom stereocenters. The fourth-order valence-electron chi connectivity index (χ4n) is 2.46. The zero-order valence-electron chi connectivity index (χ0n) is 13.6. The number of fused-ring (bicyclic) bond motifs is 1. The number of amides is 1. The van der Waals surface area contributed by atoms with Gasteiger partial charge in [0.1, 0.15) is 5.65 Å². The average Bonchev–Trinajstić information content (AvgIpc) is 3.02. The molecule has 3 aromatic heterocycles. The number of carbonyl (C=O) groups excluding carboxylic acids is 1. The Balaban J connectivity index is 1.52. The van der Waals surface area contributed by atoms with Crippen molar-refractivity contribution >= 4 is 11.6 Å². The Kier molecular flexibility index (Phi) is 5.05. The third-order valence-electron chi connectivity index (χ3n) is 3.63. The summed E-state index contributed by atoms with van der Waals surface area (Å²) in [6.45, 7) is 2.87. The van der Waals surface area contributed by atoms with Gasteiger partial charge < -0.3 is 14.5 Å². The maximum absolute atomic E-state index is 12.1. The number of aryl methyl sites for hydroxylation is 1. The Hall–Kier alpha value is -2.89. The molecule has 3 rings (SSSR count). The molecule has 0 atom stereocenters. The molecule has 1 amide bonds. The van der Waals surface area contributed by atoms with Crippen molar-refractivity contribution in [2.24, 2.45) is 0 Å². The van der Waals surface area contributed by atoms with E-state index in [4.69, 9.17) is 4.74 Å². The Labute approximate surface area is 140 Å². The third kappa shape index (κ3) is 3.90. The number of rotatable bonds is 7. The Bertz CT molecular complexity index is 796. The summed E-state index contributed by atoms with van der Waals surface area (Å²) in [5, 5.41) is 2.91. The number of imidazole rings is 1. The van der Waals surface area contributed by atoms with E-state index in [1.807, 2.05) is 54.0 Å². The number of hydrogen-bond acceptors (Lipinski definition) is 4. The van der Waals surface area contributed by atoms with E-state index in [-0.39, 0.29) is 5.91 Å². The molecule has 24 heavy (non-hydrogen) atoms. The number of carbonyl (C=O) groups is 1. The molecule has 0 bridgehead atoms. The van der Waals surface area contributed by atoms with Gasteiger partial charge in [-0.1, -0.05) is 12.1 Å². The Morgan fingerprint density at radius 2 is 2.21 bits per heavy atom. The van der Waals surface area contributed by atoms with Crippen LogP contribution < -0.4 is 10.1 Å². The highest BCUT2D eigenvalue weighted by Gasteiger charge is 2.08. The lowest BCUT2D eigenvalue weighted by molar-refractivity contribution is -0.121. The largest absolute Gasteiger partial charge is 0.478 e. The Morgan fingerprint density at radius 1 is 1.29 bits per heavy atom. The molecule has 0 aromatic carbocycles. The molecule has 0 saturated heterocycles. The summed E-state index contributed by atoms with van der Waals surface area (Å²) in [6, 6.07) is 9.58. The van der Waals surface area contributed by atoms with Crippen molar-refractivity contribution in [3.8, 4) is 5.88 Å². The van der Waals surface area contributed by atoms with Crippen LogP contribution in [0.15, 0.2) is 48.9 Å². The minimum absolute atomic E-state index is 0.0154. The predicted molar refractivity (Wildman–Crippen MR) is 90.8 cm³/mol. The smallest absolute Gasteiger partial charge is 0.220 e. The SMILES string of the molecule is CCOc1ncccc1CNC(=O)CCc1cn2ccccc2n1. The van der Waals surface area contributed by atoms with Crippen LogP contribution in [-0.4, -0.2) is 26.9 Å². The lowest BCUT2D eigenvalue weighted by atomic mass is 10.2. The third-order valence-corrected chi connectivity index (χ3v) is 3.63. The monoisotopic (exact) mass is 324 g/mol. The lowest BCUT2D eigenvalue weighted by Gasteiger charge is -2.09. The zero-order chi connectivity index (χ0) is 16.8. The maximum atomic E-state index is 12.1. The molecule has 0 aliphatic heterocycles. The quantitative estimate of drug-likeness (QED) is 0.724. The first-order valence-corrected chi connectivity index (χ1v) is 8.02. The highest BCUT2D eigenvalue weighted by atomic mass is 16.5. The first-order valence-electron chi connectivity index (χ1n) is 8.02. The molecule has 0 aliphatic rings. The fourth-order valence-corrected chi connectivity index (χ4v) is 2.46. The number of ether oxygens (including phenoxy) is 1. The number of aromatic nitrogens is 3. The van der Waals surface area contributed by atoms with E-state index in [9.17, 15) is 4.79 Å². The van der Waals surface area contributed by atoms with E-state index in [0.29, 0.717) is 31.9 Å². The van der Waals surface area contributed by atoms with E-state index in [0.717, 1.165) is 16.9 Å². The van der Waals surface area contributed by atoms with Crippen molar-refractivity contribution in [2.75, 3.05) is 6.61 Å². The van der Waals surface area contributed by atoms with Crippen LogP contribution in [0.4, 0.5) is 0 Å². The maximum Gasteiger partial charge on any atom is 0.220 e. The molecule has 1 N–H and O–H groups in total. The molecule has 6 nitrogen and oxygen atoms in total. The number of pyridine rings is 2. The zero-order valence-corrected chi connectivity index (χ0v) is 13.6. The summed E-state index contributed by atoms with van der Waals surface area (Å²) >= 11 is 0. The van der Waals surface area contributed by atoms with Crippen molar-refractivity contribution in [1.82, 2.24) is 19.7 Å². The van der Waals surface area contributed by atoms with E-state index in [1.165, 1.54) is 0 Å². The molecular weight excluding hydrogens is 304 g/mol. The molecular formula is C18H20N4O2. The van der Waals surface area contributed by atoms with Gasteiger partial charge in [-0.3, -0.25) is 4.79 Å². The molecule has 0 saturated carbocycles. The van der Waals surface area contributed by atoms with Crippen LogP contribution in [0, 0.1) is 0 Å². The molecule has 0 radical (unpaired) electrons. The van der Waals surface area contributed by atoms with Gasteiger partial charge in [-0.05, 0) is 31.5 Å². The number of hydrogen-bond donors (Lipinski definition) is 1. The second kappa shape index (κ2) is 7.59. The van der Waals surface area contributed by atoms with Gasteiger partial charge in [0.05, 0.1) is 12.3 Å². The van der Waals surface area contributed by atoms with Crippen LogP contribution in [0.3, 0.4) is 0 Å². The van der Waals surface area contributed by atoms with Gasteiger partial charge in [0.15, 0.2) is 0 Å². The van der Waals surface area contributed by atoms with Crippen molar-refractivity contribution in [3.05, 3.63) is 60.2 Å². The van der Waals surface area contributed by atoms with Gasteiger partial charge in [0.25, 0.3) is 0 Å². The second-order valence-corrected chi connectivity index (χ2v) is 5.38. The normalized spacial score (nSPS) is 10.7. The summed E-state index contributed by atoms with van der Waals surface area (Å²) in [5.41, 5.74) is 2.68. The summed E-state index contributed by atoms with van der Waals surface area (Å²) in [7, 11) is 0. The highest BCUT2D eigenvalue weighted by molar-refractivity contribution is 5.76. The van der Waals surface area contributed by atoms with Crippen LogP contribution in [0.1, 0.15) is 24.6 Å². The van der Waals surface area contributed by atoms with Crippen LogP contribution in [-0.2, 0) is 17.8 Å². The van der Waals surface area contributed by atoms with Crippen molar-refractivity contribution in [1.29, 1.82) is 0 Å². The summed E-state index contributed by atoms with van der Waals surface area (Å²) < 4.78 is 7.41. The molecule has 3 heterocycles. The molecule has 0 aliphatic carbocycles. The molecule has 3 aromatic rings. The second-order valence-electron chi connectivity index (χ2n) is 5.38. The number of nitrogens with one attached hydrogen (secondary N) is 1. The highest BCUT2D eigenvalue weighted by Crippen LogP contribution is 2.14. The molecule has 0 spiro atoms. The average molecular weight is 324 g/mol. The summed E-state index contributed by atoms with van der Waals surface area (Å²) in [4.78, 5) is 20.7. The lowest BCUT2D eigenvalue weighted by Crippen LogP contribution is -2.23. The van der Waals surface area contributed by atoms with Crippen molar-refractivity contribution in [3.63, 3.8) is 0 Å².